The number of ether oxygens (including phenoxy) is 1. The molecule has 3 atom stereocenters. The number of amides is 1. The number of likely N-dealkylation sites (tertiary alicyclic amines) is 1. The summed E-state index contributed by atoms with van der Waals surface area (Å²) in [5, 5.41) is 3.86. The van der Waals surface area contributed by atoms with E-state index < -0.39 is 5.60 Å². The zero-order chi connectivity index (χ0) is 17.9. The molecule has 1 N–H and O–H groups in total. The third kappa shape index (κ3) is 5.12. The van der Waals surface area contributed by atoms with Gasteiger partial charge in [-0.15, -0.1) is 0 Å². The molecule has 1 aliphatic heterocycles. The smallest absolute Gasteiger partial charge is 0.410 e. The number of rotatable bonds is 5. The van der Waals surface area contributed by atoms with Crippen LogP contribution in [0.15, 0.2) is 0 Å². The van der Waals surface area contributed by atoms with E-state index in [1.165, 1.54) is 51.4 Å². The third-order valence-electron chi connectivity index (χ3n) is 6.42. The molecule has 144 valence electrons. The van der Waals surface area contributed by atoms with Crippen LogP contribution < -0.4 is 5.32 Å². The molecule has 3 unspecified atom stereocenters. The number of carbonyl (C=O) groups is 1. The van der Waals surface area contributed by atoms with Gasteiger partial charge in [-0.3, -0.25) is 0 Å². The Morgan fingerprint density at radius 1 is 1.04 bits per heavy atom. The first-order valence-electron chi connectivity index (χ1n) is 10.7. The van der Waals surface area contributed by atoms with Crippen molar-refractivity contribution in [2.45, 2.75) is 103 Å². The zero-order valence-electron chi connectivity index (χ0n) is 16.6. The fourth-order valence-corrected chi connectivity index (χ4v) is 4.91. The number of hydrogen-bond acceptors (Lipinski definition) is 3. The van der Waals surface area contributed by atoms with Gasteiger partial charge in [-0.1, -0.05) is 25.7 Å². The summed E-state index contributed by atoms with van der Waals surface area (Å²) in [5.74, 6) is 1.58. The summed E-state index contributed by atoms with van der Waals surface area (Å²) in [6.45, 7) is 7.91. The average molecular weight is 351 g/mol. The third-order valence-corrected chi connectivity index (χ3v) is 6.42. The maximum Gasteiger partial charge on any atom is 0.410 e. The van der Waals surface area contributed by atoms with E-state index in [1.807, 2.05) is 20.8 Å². The summed E-state index contributed by atoms with van der Waals surface area (Å²) >= 11 is 0. The van der Waals surface area contributed by atoms with Gasteiger partial charge in [0.15, 0.2) is 0 Å². The number of piperidine rings is 1. The molecular formula is C21H38N2O2. The first-order chi connectivity index (χ1) is 11.9. The molecule has 1 saturated heterocycles. The van der Waals surface area contributed by atoms with Gasteiger partial charge in [-0.25, -0.2) is 4.79 Å². The van der Waals surface area contributed by atoms with Crippen molar-refractivity contribution in [2.75, 3.05) is 13.1 Å². The molecular weight excluding hydrogens is 312 g/mol. The maximum atomic E-state index is 12.7. The van der Waals surface area contributed by atoms with Crippen molar-refractivity contribution in [2.24, 2.45) is 11.8 Å². The van der Waals surface area contributed by atoms with Crippen LogP contribution >= 0.6 is 0 Å². The molecule has 0 aromatic heterocycles. The second kappa shape index (κ2) is 8.28. The normalized spacial score (nSPS) is 31.0. The van der Waals surface area contributed by atoms with E-state index in [2.05, 4.69) is 10.2 Å². The molecule has 1 amide bonds. The Morgan fingerprint density at radius 3 is 2.48 bits per heavy atom. The number of hydrogen-bond donors (Lipinski definition) is 1. The number of carbonyl (C=O) groups excluding carboxylic acids is 1. The second-order valence-electron chi connectivity index (χ2n) is 9.48. The quantitative estimate of drug-likeness (QED) is 0.780. The Bertz CT molecular complexity index is 442. The van der Waals surface area contributed by atoms with Crippen LogP contribution in [0, 0.1) is 11.8 Å². The monoisotopic (exact) mass is 350 g/mol. The molecule has 0 spiro atoms. The van der Waals surface area contributed by atoms with Crippen molar-refractivity contribution in [3.05, 3.63) is 0 Å². The second-order valence-corrected chi connectivity index (χ2v) is 9.48. The summed E-state index contributed by atoms with van der Waals surface area (Å²) in [6, 6.07) is 0.959. The summed E-state index contributed by atoms with van der Waals surface area (Å²) in [6.07, 6.45) is 12.9. The molecule has 25 heavy (non-hydrogen) atoms. The van der Waals surface area contributed by atoms with Gasteiger partial charge in [0.05, 0.1) is 0 Å². The van der Waals surface area contributed by atoms with Gasteiger partial charge in [0.25, 0.3) is 0 Å². The number of nitrogens with one attached hydrogen (secondary N) is 1. The van der Waals surface area contributed by atoms with Gasteiger partial charge in [0, 0.05) is 18.6 Å². The largest absolute Gasteiger partial charge is 0.444 e. The highest BCUT2D eigenvalue weighted by molar-refractivity contribution is 5.68. The van der Waals surface area contributed by atoms with Gasteiger partial charge in [-0.05, 0) is 77.7 Å². The minimum atomic E-state index is -0.408. The maximum absolute atomic E-state index is 12.7. The molecule has 3 rings (SSSR count). The van der Waals surface area contributed by atoms with E-state index in [-0.39, 0.29) is 6.09 Å². The lowest BCUT2D eigenvalue weighted by Gasteiger charge is -2.41. The summed E-state index contributed by atoms with van der Waals surface area (Å²) in [7, 11) is 0. The van der Waals surface area contributed by atoms with Gasteiger partial charge < -0.3 is 15.0 Å². The van der Waals surface area contributed by atoms with Crippen LogP contribution in [0.5, 0.6) is 0 Å². The Hall–Kier alpha value is -0.770. The Labute approximate surface area is 154 Å². The molecule has 2 saturated carbocycles. The van der Waals surface area contributed by atoms with Crippen molar-refractivity contribution in [1.82, 2.24) is 10.2 Å². The first-order valence-corrected chi connectivity index (χ1v) is 10.7. The standard InChI is InChI=1S/C21H38N2O2/c1-21(2,3)25-20(24)23-15-5-4-12-19(23)17-10-7-11-18(17)22-14-13-16-8-6-9-16/h16-19,22H,4-15H2,1-3H3. The van der Waals surface area contributed by atoms with Crippen molar-refractivity contribution < 1.29 is 9.53 Å². The lowest BCUT2D eigenvalue weighted by Crippen LogP contribution is -2.52. The minimum absolute atomic E-state index is 0.0997. The predicted octanol–water partition coefficient (Wildman–Crippen LogP) is 4.72. The van der Waals surface area contributed by atoms with E-state index in [4.69, 9.17) is 4.74 Å². The van der Waals surface area contributed by atoms with Crippen molar-refractivity contribution in [1.29, 1.82) is 0 Å². The lowest BCUT2D eigenvalue weighted by atomic mass is 9.82. The van der Waals surface area contributed by atoms with E-state index >= 15 is 0 Å². The minimum Gasteiger partial charge on any atom is -0.444 e. The molecule has 0 aromatic carbocycles. The molecule has 4 heteroatoms. The molecule has 2 aliphatic carbocycles. The van der Waals surface area contributed by atoms with Crippen LogP contribution in [0.1, 0.15) is 85.0 Å². The van der Waals surface area contributed by atoms with Gasteiger partial charge in [-0.2, -0.15) is 0 Å². The molecule has 0 aromatic rings. The fraction of sp³-hybridized carbons (Fsp3) is 0.952. The predicted molar refractivity (Wildman–Crippen MR) is 102 cm³/mol. The van der Waals surface area contributed by atoms with Crippen molar-refractivity contribution in [3.8, 4) is 0 Å². The fourth-order valence-electron chi connectivity index (χ4n) is 4.91. The van der Waals surface area contributed by atoms with Gasteiger partial charge in [0.1, 0.15) is 5.60 Å². The van der Waals surface area contributed by atoms with Crippen LogP contribution in [-0.4, -0.2) is 41.8 Å². The SMILES string of the molecule is CC(C)(C)OC(=O)N1CCCCC1C1CCCC1NCCC1CCC1. The first kappa shape index (κ1) is 19.0. The summed E-state index contributed by atoms with van der Waals surface area (Å²) in [4.78, 5) is 14.8. The van der Waals surface area contributed by atoms with Crippen LogP contribution in [0.3, 0.4) is 0 Å². The van der Waals surface area contributed by atoms with E-state index in [1.54, 1.807) is 0 Å². The highest BCUT2D eigenvalue weighted by atomic mass is 16.6. The van der Waals surface area contributed by atoms with E-state index in [0.29, 0.717) is 18.0 Å². The highest BCUT2D eigenvalue weighted by Gasteiger charge is 2.40. The van der Waals surface area contributed by atoms with Crippen molar-refractivity contribution in [3.63, 3.8) is 0 Å². The summed E-state index contributed by atoms with van der Waals surface area (Å²) < 4.78 is 5.70. The molecule has 3 aliphatic rings. The van der Waals surface area contributed by atoms with Crippen LogP contribution in [0.2, 0.25) is 0 Å². The van der Waals surface area contributed by atoms with Crippen molar-refractivity contribution >= 4 is 6.09 Å². The van der Waals surface area contributed by atoms with Crippen LogP contribution in [0.25, 0.3) is 0 Å². The highest BCUT2D eigenvalue weighted by Crippen LogP contribution is 2.36. The Morgan fingerprint density at radius 2 is 1.80 bits per heavy atom. The lowest BCUT2D eigenvalue weighted by molar-refractivity contribution is -0.000124. The van der Waals surface area contributed by atoms with Gasteiger partial charge >= 0.3 is 6.09 Å². The number of nitrogens with zero attached hydrogens (tertiary/aromatic N) is 1. The molecule has 4 nitrogen and oxygen atoms in total. The average Bonchev–Trinajstić information content (AvgIpc) is 2.96. The van der Waals surface area contributed by atoms with Crippen LogP contribution in [-0.2, 0) is 4.74 Å². The zero-order valence-corrected chi connectivity index (χ0v) is 16.6. The topological polar surface area (TPSA) is 41.6 Å². The molecule has 3 fully saturated rings. The Balaban J connectivity index is 1.56. The summed E-state index contributed by atoms with van der Waals surface area (Å²) in [5.41, 5.74) is -0.408. The molecule has 0 radical (unpaired) electrons. The van der Waals surface area contributed by atoms with E-state index in [9.17, 15) is 4.79 Å². The van der Waals surface area contributed by atoms with Crippen LogP contribution in [0.4, 0.5) is 4.79 Å². The molecule has 0 bridgehead atoms. The van der Waals surface area contributed by atoms with Gasteiger partial charge in [0.2, 0.25) is 0 Å². The molecule has 1 heterocycles. The Kier molecular flexibility index (Phi) is 6.30. The van der Waals surface area contributed by atoms with E-state index in [0.717, 1.165) is 31.8 Å².